The number of nitrogens with zero attached hydrogens (tertiary/aromatic N) is 2. The molecule has 3 rings (SSSR count). The van der Waals surface area contributed by atoms with Crippen LogP contribution in [0.1, 0.15) is 51.7 Å². The molecule has 1 N–H and O–H groups in total. The molecule has 0 unspecified atom stereocenters. The molecule has 4 nitrogen and oxygen atoms in total. The number of piperidine rings is 1. The Morgan fingerprint density at radius 2 is 1.63 bits per heavy atom. The first kappa shape index (κ1) is 19.8. The van der Waals surface area contributed by atoms with Gasteiger partial charge in [0.2, 0.25) is 0 Å². The van der Waals surface area contributed by atoms with Crippen LogP contribution in [0, 0.1) is 0 Å². The third kappa shape index (κ3) is 5.30. The molecule has 0 aliphatic carbocycles. The van der Waals surface area contributed by atoms with Crippen LogP contribution < -0.4 is 10.1 Å². The van der Waals surface area contributed by atoms with Crippen molar-refractivity contribution in [3.63, 3.8) is 0 Å². The van der Waals surface area contributed by atoms with Crippen LogP contribution in [0.15, 0.2) is 48.8 Å². The lowest BCUT2D eigenvalue weighted by Crippen LogP contribution is -2.62. The summed E-state index contributed by atoms with van der Waals surface area (Å²) in [6.07, 6.45) is 6.01. The molecule has 1 saturated heterocycles. The number of rotatable bonds is 6. The molecular formula is C23H33N3O. The minimum absolute atomic E-state index is 0.115. The quantitative estimate of drug-likeness (QED) is 0.821. The maximum Gasteiger partial charge on any atom is 0.123 e. The molecule has 0 amide bonds. The van der Waals surface area contributed by atoms with Gasteiger partial charge in [-0.15, -0.1) is 0 Å². The van der Waals surface area contributed by atoms with Gasteiger partial charge in [0.1, 0.15) is 5.75 Å². The summed E-state index contributed by atoms with van der Waals surface area (Å²) in [5.74, 6) is 0.963. The Balaban J connectivity index is 1.89. The Hall–Kier alpha value is -1.91. The van der Waals surface area contributed by atoms with Crippen LogP contribution in [0.2, 0.25) is 0 Å². The van der Waals surface area contributed by atoms with Crippen LogP contribution in [0.4, 0.5) is 0 Å². The van der Waals surface area contributed by atoms with E-state index in [1.807, 2.05) is 18.5 Å². The van der Waals surface area contributed by atoms with Gasteiger partial charge in [-0.25, -0.2) is 0 Å². The highest BCUT2D eigenvalue weighted by atomic mass is 16.5. The fourth-order valence-corrected chi connectivity index (χ4v) is 4.62. The van der Waals surface area contributed by atoms with Crippen LogP contribution in [0.3, 0.4) is 0 Å². The van der Waals surface area contributed by atoms with Crippen molar-refractivity contribution in [2.75, 3.05) is 7.11 Å². The van der Waals surface area contributed by atoms with Crippen LogP contribution in [-0.2, 0) is 13.1 Å². The number of hydrogen-bond donors (Lipinski definition) is 1. The van der Waals surface area contributed by atoms with E-state index in [1.165, 1.54) is 11.1 Å². The van der Waals surface area contributed by atoms with Gasteiger partial charge in [-0.1, -0.05) is 18.2 Å². The zero-order valence-corrected chi connectivity index (χ0v) is 17.3. The lowest BCUT2D eigenvalue weighted by atomic mass is 9.78. The summed E-state index contributed by atoms with van der Waals surface area (Å²) in [6, 6.07) is 13.1. The third-order valence-corrected chi connectivity index (χ3v) is 5.39. The predicted molar refractivity (Wildman–Crippen MR) is 111 cm³/mol. The Morgan fingerprint density at radius 1 is 1.00 bits per heavy atom. The van der Waals surface area contributed by atoms with Crippen molar-refractivity contribution in [1.82, 2.24) is 15.2 Å². The number of pyridine rings is 1. The zero-order valence-electron chi connectivity index (χ0n) is 17.3. The molecule has 146 valence electrons. The van der Waals surface area contributed by atoms with E-state index in [4.69, 9.17) is 4.74 Å². The average Bonchev–Trinajstić information content (AvgIpc) is 2.60. The molecule has 0 saturated carbocycles. The minimum Gasteiger partial charge on any atom is -0.496 e. The van der Waals surface area contributed by atoms with E-state index in [-0.39, 0.29) is 11.1 Å². The highest BCUT2D eigenvalue weighted by Crippen LogP contribution is 2.34. The number of methoxy groups -OCH3 is 1. The number of benzene rings is 1. The van der Waals surface area contributed by atoms with Crippen LogP contribution in [0.5, 0.6) is 5.75 Å². The average molecular weight is 368 g/mol. The number of aromatic nitrogens is 1. The molecule has 27 heavy (non-hydrogen) atoms. The summed E-state index contributed by atoms with van der Waals surface area (Å²) in [7, 11) is 1.75. The van der Waals surface area contributed by atoms with Gasteiger partial charge >= 0.3 is 0 Å². The lowest BCUT2D eigenvalue weighted by Gasteiger charge is -2.50. The fourth-order valence-electron chi connectivity index (χ4n) is 4.62. The first-order chi connectivity index (χ1) is 12.8. The van der Waals surface area contributed by atoms with Gasteiger partial charge in [0, 0.05) is 48.2 Å². The van der Waals surface area contributed by atoms with Gasteiger partial charge in [-0.05, 0) is 64.3 Å². The maximum absolute atomic E-state index is 5.62. The van der Waals surface area contributed by atoms with Gasteiger partial charge in [-0.2, -0.15) is 0 Å². The molecule has 2 aromatic rings. The van der Waals surface area contributed by atoms with E-state index >= 15 is 0 Å². The van der Waals surface area contributed by atoms with Crippen molar-refractivity contribution in [3.8, 4) is 5.75 Å². The molecule has 0 atom stereocenters. The van der Waals surface area contributed by atoms with Crippen molar-refractivity contribution in [3.05, 3.63) is 59.9 Å². The van der Waals surface area contributed by atoms with Crippen LogP contribution in [-0.4, -0.2) is 34.1 Å². The molecule has 1 aliphatic heterocycles. The number of nitrogens with one attached hydrogen (secondary N) is 1. The normalized spacial score (nSPS) is 19.2. The van der Waals surface area contributed by atoms with E-state index in [0.29, 0.717) is 6.04 Å². The van der Waals surface area contributed by atoms with Crippen molar-refractivity contribution in [2.45, 2.75) is 70.7 Å². The van der Waals surface area contributed by atoms with E-state index in [0.717, 1.165) is 31.7 Å². The van der Waals surface area contributed by atoms with Gasteiger partial charge in [-0.3, -0.25) is 9.88 Å². The van der Waals surface area contributed by atoms with Gasteiger partial charge in [0.25, 0.3) is 0 Å². The third-order valence-electron chi connectivity index (χ3n) is 5.39. The van der Waals surface area contributed by atoms with Crippen molar-refractivity contribution in [1.29, 1.82) is 0 Å². The highest BCUT2D eigenvalue weighted by molar-refractivity contribution is 5.33. The SMILES string of the molecule is COc1ccccc1CN(Cc1ccncc1)C1CC(C)(C)NC(C)(C)C1. The molecule has 0 bridgehead atoms. The van der Waals surface area contributed by atoms with E-state index in [2.05, 4.69) is 73.2 Å². The molecule has 2 heterocycles. The first-order valence-electron chi connectivity index (χ1n) is 9.82. The highest BCUT2D eigenvalue weighted by Gasteiger charge is 2.40. The molecule has 0 radical (unpaired) electrons. The Labute approximate surface area is 164 Å². The van der Waals surface area contributed by atoms with E-state index in [1.54, 1.807) is 7.11 Å². The summed E-state index contributed by atoms with van der Waals surface area (Å²) in [5, 5.41) is 3.81. The fraction of sp³-hybridized carbons (Fsp3) is 0.522. The standard InChI is InChI=1S/C23H33N3O/c1-22(2)14-20(15-23(3,4)25-22)26(16-18-10-12-24-13-11-18)17-19-8-6-7-9-21(19)27-5/h6-13,20,25H,14-17H2,1-5H3. The molecule has 0 spiro atoms. The Bertz CT molecular complexity index is 726. The summed E-state index contributed by atoms with van der Waals surface area (Å²) >= 11 is 0. The van der Waals surface area contributed by atoms with E-state index < -0.39 is 0 Å². The van der Waals surface area contributed by atoms with Gasteiger partial charge in [0.15, 0.2) is 0 Å². The number of hydrogen-bond acceptors (Lipinski definition) is 4. The van der Waals surface area contributed by atoms with Crippen LogP contribution >= 0.6 is 0 Å². The van der Waals surface area contributed by atoms with Crippen molar-refractivity contribution >= 4 is 0 Å². The molecule has 1 aliphatic rings. The smallest absolute Gasteiger partial charge is 0.123 e. The van der Waals surface area contributed by atoms with E-state index in [9.17, 15) is 0 Å². The summed E-state index contributed by atoms with van der Waals surface area (Å²) < 4.78 is 5.62. The second-order valence-electron chi connectivity index (χ2n) is 9.03. The topological polar surface area (TPSA) is 37.4 Å². The second-order valence-corrected chi connectivity index (χ2v) is 9.03. The van der Waals surface area contributed by atoms with Gasteiger partial charge < -0.3 is 10.1 Å². The Kier molecular flexibility index (Phi) is 5.87. The molecule has 1 aromatic carbocycles. The lowest BCUT2D eigenvalue weighted by molar-refractivity contribution is 0.0559. The minimum atomic E-state index is 0.115. The first-order valence-corrected chi connectivity index (χ1v) is 9.82. The van der Waals surface area contributed by atoms with Gasteiger partial charge in [0.05, 0.1) is 7.11 Å². The number of ether oxygens (including phenoxy) is 1. The summed E-state index contributed by atoms with van der Waals surface area (Å²) in [5.41, 5.74) is 2.77. The summed E-state index contributed by atoms with van der Waals surface area (Å²) in [6.45, 7) is 11.0. The monoisotopic (exact) mass is 367 g/mol. The van der Waals surface area contributed by atoms with Crippen LogP contribution in [0.25, 0.3) is 0 Å². The Morgan fingerprint density at radius 3 is 2.26 bits per heavy atom. The second kappa shape index (κ2) is 7.99. The zero-order chi connectivity index (χ0) is 19.5. The summed E-state index contributed by atoms with van der Waals surface area (Å²) in [4.78, 5) is 6.78. The van der Waals surface area contributed by atoms with Crippen molar-refractivity contribution in [2.24, 2.45) is 0 Å². The molecule has 1 fully saturated rings. The largest absolute Gasteiger partial charge is 0.496 e. The maximum atomic E-state index is 5.62. The molecule has 1 aromatic heterocycles. The molecule has 4 heteroatoms. The predicted octanol–water partition coefficient (Wildman–Crippen LogP) is 4.40. The number of para-hydroxylation sites is 1. The van der Waals surface area contributed by atoms with Crippen molar-refractivity contribution < 1.29 is 4.74 Å². The molecular weight excluding hydrogens is 334 g/mol.